The van der Waals surface area contributed by atoms with Crippen LogP contribution in [0, 0.1) is 3.57 Å². The lowest BCUT2D eigenvalue weighted by Crippen LogP contribution is -2.46. The van der Waals surface area contributed by atoms with Crippen molar-refractivity contribution in [3.63, 3.8) is 0 Å². The summed E-state index contributed by atoms with van der Waals surface area (Å²) in [6, 6.07) is 17.2. The Bertz CT molecular complexity index is 588. The number of piperazine rings is 1. The molecule has 1 N–H and O–H groups in total. The van der Waals surface area contributed by atoms with Gasteiger partial charge in [-0.3, -0.25) is 0 Å². The van der Waals surface area contributed by atoms with Crippen LogP contribution in [0.3, 0.4) is 0 Å². The van der Waals surface area contributed by atoms with Crippen LogP contribution in [0.2, 0.25) is 5.02 Å². The van der Waals surface area contributed by atoms with E-state index in [2.05, 4.69) is 75.3 Å². The highest BCUT2D eigenvalue weighted by Gasteiger charge is 2.25. The zero-order chi connectivity index (χ0) is 13.9. The van der Waals surface area contributed by atoms with E-state index in [9.17, 15) is 0 Å². The lowest BCUT2D eigenvalue weighted by molar-refractivity contribution is 0.490. The fraction of sp³-hybridized carbons (Fsp3) is 0.250. The SMILES string of the molecule is Clc1cc(I)ccc1N1CCNCC1c1ccccc1. The second-order valence-corrected chi connectivity index (χ2v) is 6.57. The Morgan fingerprint density at radius 2 is 1.95 bits per heavy atom. The number of hydrogen-bond acceptors (Lipinski definition) is 2. The summed E-state index contributed by atoms with van der Waals surface area (Å²) in [5, 5.41) is 4.31. The van der Waals surface area contributed by atoms with Gasteiger partial charge in [-0.15, -0.1) is 0 Å². The molecule has 1 heterocycles. The Morgan fingerprint density at radius 1 is 1.15 bits per heavy atom. The summed E-state index contributed by atoms with van der Waals surface area (Å²) in [6.45, 7) is 2.91. The zero-order valence-electron chi connectivity index (χ0n) is 11.0. The number of nitrogens with one attached hydrogen (secondary N) is 1. The van der Waals surface area contributed by atoms with E-state index in [1.54, 1.807) is 0 Å². The predicted molar refractivity (Wildman–Crippen MR) is 93.6 cm³/mol. The van der Waals surface area contributed by atoms with Crippen LogP contribution in [-0.2, 0) is 0 Å². The first kappa shape index (κ1) is 14.2. The monoisotopic (exact) mass is 398 g/mol. The molecule has 0 aliphatic carbocycles. The van der Waals surface area contributed by atoms with Gasteiger partial charge in [0.25, 0.3) is 0 Å². The van der Waals surface area contributed by atoms with Gasteiger partial charge in [-0.2, -0.15) is 0 Å². The van der Waals surface area contributed by atoms with E-state index in [0.29, 0.717) is 6.04 Å². The molecule has 2 nitrogen and oxygen atoms in total. The highest BCUT2D eigenvalue weighted by Crippen LogP contribution is 2.34. The lowest BCUT2D eigenvalue weighted by Gasteiger charge is -2.38. The molecule has 0 radical (unpaired) electrons. The third-order valence-electron chi connectivity index (χ3n) is 3.65. The summed E-state index contributed by atoms with van der Waals surface area (Å²) >= 11 is 8.74. The molecule has 2 aromatic carbocycles. The largest absolute Gasteiger partial charge is 0.361 e. The molecule has 1 aliphatic rings. The topological polar surface area (TPSA) is 15.3 Å². The Morgan fingerprint density at radius 3 is 2.70 bits per heavy atom. The first-order valence-electron chi connectivity index (χ1n) is 6.73. The van der Waals surface area contributed by atoms with Crippen LogP contribution in [0.1, 0.15) is 11.6 Å². The van der Waals surface area contributed by atoms with Crippen LogP contribution in [0.15, 0.2) is 48.5 Å². The van der Waals surface area contributed by atoms with Crippen molar-refractivity contribution < 1.29 is 0 Å². The minimum atomic E-state index is 0.336. The number of rotatable bonds is 2. The van der Waals surface area contributed by atoms with Crippen LogP contribution in [0.25, 0.3) is 0 Å². The fourth-order valence-corrected chi connectivity index (χ4v) is 3.64. The van der Waals surface area contributed by atoms with E-state index in [-0.39, 0.29) is 0 Å². The molecule has 1 saturated heterocycles. The summed E-state index contributed by atoms with van der Waals surface area (Å²) in [5.41, 5.74) is 2.46. The van der Waals surface area contributed by atoms with Gasteiger partial charge < -0.3 is 10.2 Å². The van der Waals surface area contributed by atoms with Crippen LogP contribution < -0.4 is 10.2 Å². The maximum Gasteiger partial charge on any atom is 0.0668 e. The van der Waals surface area contributed by atoms with Crippen molar-refractivity contribution >= 4 is 39.9 Å². The molecular weight excluding hydrogens is 383 g/mol. The lowest BCUT2D eigenvalue weighted by atomic mass is 10.0. The van der Waals surface area contributed by atoms with Gasteiger partial charge in [0, 0.05) is 23.2 Å². The van der Waals surface area contributed by atoms with Gasteiger partial charge in [-0.1, -0.05) is 41.9 Å². The van der Waals surface area contributed by atoms with Crippen molar-refractivity contribution in [2.45, 2.75) is 6.04 Å². The average molecular weight is 399 g/mol. The first-order chi connectivity index (χ1) is 9.75. The van der Waals surface area contributed by atoms with Crippen molar-refractivity contribution in [2.75, 3.05) is 24.5 Å². The molecule has 2 aromatic rings. The number of hydrogen-bond donors (Lipinski definition) is 1. The number of benzene rings is 2. The Hall–Kier alpha value is -0.780. The molecule has 0 spiro atoms. The molecule has 0 aromatic heterocycles. The average Bonchev–Trinajstić information content (AvgIpc) is 2.48. The summed E-state index contributed by atoms with van der Waals surface area (Å²) in [4.78, 5) is 2.41. The van der Waals surface area contributed by atoms with Crippen LogP contribution >= 0.6 is 34.2 Å². The van der Waals surface area contributed by atoms with E-state index < -0.39 is 0 Å². The Kier molecular flexibility index (Phi) is 4.48. The molecule has 104 valence electrons. The van der Waals surface area contributed by atoms with Gasteiger partial charge in [0.2, 0.25) is 0 Å². The quantitative estimate of drug-likeness (QED) is 0.766. The van der Waals surface area contributed by atoms with E-state index >= 15 is 0 Å². The molecular formula is C16H16ClIN2. The van der Waals surface area contributed by atoms with Crippen molar-refractivity contribution in [1.29, 1.82) is 0 Å². The van der Waals surface area contributed by atoms with E-state index in [1.165, 1.54) is 9.13 Å². The molecule has 1 atom stereocenters. The molecule has 1 aliphatic heterocycles. The van der Waals surface area contributed by atoms with Crippen LogP contribution in [0.5, 0.6) is 0 Å². The Labute approximate surface area is 138 Å². The second-order valence-electron chi connectivity index (χ2n) is 4.92. The molecule has 1 fully saturated rings. The summed E-state index contributed by atoms with van der Waals surface area (Å²) in [6.07, 6.45) is 0. The highest BCUT2D eigenvalue weighted by atomic mass is 127. The maximum atomic E-state index is 6.45. The third-order valence-corrected chi connectivity index (χ3v) is 4.62. The molecule has 0 saturated carbocycles. The third kappa shape index (κ3) is 2.95. The van der Waals surface area contributed by atoms with E-state index in [1.807, 2.05) is 6.07 Å². The standard InChI is InChI=1S/C16H16ClIN2/c17-14-10-13(18)6-7-15(14)20-9-8-19-11-16(20)12-4-2-1-3-5-12/h1-7,10,16,19H,8-9,11H2. The minimum absolute atomic E-state index is 0.336. The molecule has 4 heteroatoms. The van der Waals surface area contributed by atoms with Gasteiger partial charge in [-0.25, -0.2) is 0 Å². The Balaban J connectivity index is 1.97. The van der Waals surface area contributed by atoms with Crippen LogP contribution in [0.4, 0.5) is 5.69 Å². The van der Waals surface area contributed by atoms with Gasteiger partial charge in [0.1, 0.15) is 0 Å². The van der Waals surface area contributed by atoms with Crippen LogP contribution in [-0.4, -0.2) is 19.6 Å². The smallest absolute Gasteiger partial charge is 0.0668 e. The molecule has 0 bridgehead atoms. The zero-order valence-corrected chi connectivity index (χ0v) is 13.9. The number of anilines is 1. The van der Waals surface area contributed by atoms with E-state index in [0.717, 1.165) is 30.3 Å². The maximum absolute atomic E-state index is 6.45. The normalized spacial score (nSPS) is 19.1. The molecule has 1 unspecified atom stereocenters. The number of nitrogens with zero attached hydrogens (tertiary/aromatic N) is 1. The van der Waals surface area contributed by atoms with Crippen molar-refractivity contribution in [1.82, 2.24) is 5.32 Å². The molecule has 0 amide bonds. The fourth-order valence-electron chi connectivity index (χ4n) is 2.68. The highest BCUT2D eigenvalue weighted by molar-refractivity contribution is 14.1. The van der Waals surface area contributed by atoms with E-state index in [4.69, 9.17) is 11.6 Å². The van der Waals surface area contributed by atoms with Gasteiger partial charge in [-0.05, 0) is 46.4 Å². The number of halogens is 2. The van der Waals surface area contributed by atoms with Crippen molar-refractivity contribution in [3.05, 3.63) is 62.7 Å². The van der Waals surface area contributed by atoms with Gasteiger partial charge in [0.15, 0.2) is 0 Å². The molecule has 3 rings (SSSR count). The summed E-state index contributed by atoms with van der Waals surface area (Å²) in [5.74, 6) is 0. The van der Waals surface area contributed by atoms with Crippen molar-refractivity contribution in [2.24, 2.45) is 0 Å². The second kappa shape index (κ2) is 6.33. The van der Waals surface area contributed by atoms with Gasteiger partial charge >= 0.3 is 0 Å². The predicted octanol–water partition coefficient (Wildman–Crippen LogP) is 4.10. The van der Waals surface area contributed by atoms with Gasteiger partial charge in [0.05, 0.1) is 16.8 Å². The summed E-state index contributed by atoms with van der Waals surface area (Å²) in [7, 11) is 0. The molecule has 20 heavy (non-hydrogen) atoms. The summed E-state index contributed by atoms with van der Waals surface area (Å²) < 4.78 is 1.17. The minimum Gasteiger partial charge on any atom is -0.361 e. The first-order valence-corrected chi connectivity index (χ1v) is 8.19. The van der Waals surface area contributed by atoms with Crippen molar-refractivity contribution in [3.8, 4) is 0 Å².